The normalized spacial score (nSPS) is 18.7. The average molecular weight is 284 g/mol. The van der Waals surface area contributed by atoms with Gasteiger partial charge in [-0.05, 0) is 40.4 Å². The van der Waals surface area contributed by atoms with Crippen molar-refractivity contribution in [2.75, 3.05) is 13.7 Å². The highest BCUT2D eigenvalue weighted by molar-refractivity contribution is 9.10. The van der Waals surface area contributed by atoms with Gasteiger partial charge in [-0.25, -0.2) is 0 Å². The van der Waals surface area contributed by atoms with E-state index in [0.29, 0.717) is 0 Å². The minimum absolute atomic E-state index is 0.160. The zero-order chi connectivity index (χ0) is 11.6. The average Bonchev–Trinajstić information content (AvgIpc) is 2.79. The predicted octanol–water partition coefficient (Wildman–Crippen LogP) is 3.23. The first-order chi connectivity index (χ1) is 7.73. The van der Waals surface area contributed by atoms with Crippen molar-refractivity contribution in [3.63, 3.8) is 0 Å². The number of hydrogen-bond acceptors (Lipinski definition) is 2. The van der Waals surface area contributed by atoms with E-state index >= 15 is 0 Å². The van der Waals surface area contributed by atoms with Crippen molar-refractivity contribution in [2.24, 2.45) is 5.73 Å². The van der Waals surface area contributed by atoms with Crippen molar-refractivity contribution in [3.8, 4) is 5.75 Å². The van der Waals surface area contributed by atoms with Gasteiger partial charge in [0.1, 0.15) is 5.75 Å². The first-order valence-electron chi connectivity index (χ1n) is 5.76. The molecular formula is C13H18BrNO. The molecule has 2 nitrogen and oxygen atoms in total. The van der Waals surface area contributed by atoms with Gasteiger partial charge < -0.3 is 10.5 Å². The summed E-state index contributed by atoms with van der Waals surface area (Å²) >= 11 is 3.65. The second-order valence-electron chi connectivity index (χ2n) is 4.51. The summed E-state index contributed by atoms with van der Waals surface area (Å²) in [6.07, 6.45) is 4.94. The summed E-state index contributed by atoms with van der Waals surface area (Å²) in [5.41, 5.74) is 7.47. The lowest BCUT2D eigenvalue weighted by Gasteiger charge is -2.29. The van der Waals surface area contributed by atoms with Gasteiger partial charge in [0.2, 0.25) is 0 Å². The third-order valence-corrected chi connectivity index (χ3v) is 4.52. The number of hydrogen-bond donors (Lipinski definition) is 1. The lowest BCUT2D eigenvalue weighted by atomic mass is 9.79. The van der Waals surface area contributed by atoms with Gasteiger partial charge >= 0.3 is 0 Å². The van der Waals surface area contributed by atoms with E-state index < -0.39 is 0 Å². The summed E-state index contributed by atoms with van der Waals surface area (Å²) in [5, 5.41) is 0. The first-order valence-corrected chi connectivity index (χ1v) is 6.56. The molecule has 0 radical (unpaired) electrons. The minimum atomic E-state index is 0.160. The van der Waals surface area contributed by atoms with Gasteiger partial charge in [0.05, 0.1) is 11.6 Å². The van der Waals surface area contributed by atoms with Crippen LogP contribution in [0, 0.1) is 0 Å². The smallest absolute Gasteiger partial charge is 0.133 e. The van der Waals surface area contributed by atoms with Crippen molar-refractivity contribution < 1.29 is 4.74 Å². The van der Waals surface area contributed by atoms with Gasteiger partial charge in [0.25, 0.3) is 0 Å². The van der Waals surface area contributed by atoms with E-state index in [4.69, 9.17) is 10.5 Å². The Labute approximate surface area is 105 Å². The number of nitrogens with two attached hydrogens (primary N) is 1. The van der Waals surface area contributed by atoms with Crippen LogP contribution in [0.25, 0.3) is 0 Å². The fraction of sp³-hybridized carbons (Fsp3) is 0.538. The lowest BCUT2D eigenvalue weighted by Crippen LogP contribution is -2.32. The topological polar surface area (TPSA) is 35.2 Å². The van der Waals surface area contributed by atoms with Gasteiger partial charge in [-0.1, -0.05) is 25.0 Å². The zero-order valence-electron chi connectivity index (χ0n) is 9.63. The Balaban J connectivity index is 2.46. The Bertz CT molecular complexity index is 372. The summed E-state index contributed by atoms with van der Waals surface area (Å²) in [6, 6.07) is 6.20. The maximum Gasteiger partial charge on any atom is 0.133 e. The Morgan fingerprint density at radius 1 is 1.38 bits per heavy atom. The molecule has 0 unspecified atom stereocenters. The van der Waals surface area contributed by atoms with Gasteiger partial charge in [-0.15, -0.1) is 0 Å². The minimum Gasteiger partial charge on any atom is -0.496 e. The summed E-state index contributed by atoms with van der Waals surface area (Å²) < 4.78 is 6.42. The molecular weight excluding hydrogens is 266 g/mol. The third kappa shape index (κ3) is 1.87. The van der Waals surface area contributed by atoms with E-state index in [9.17, 15) is 0 Å². The van der Waals surface area contributed by atoms with Crippen LogP contribution in [0.1, 0.15) is 31.2 Å². The molecule has 88 valence electrons. The molecule has 0 aliphatic heterocycles. The lowest BCUT2D eigenvalue weighted by molar-refractivity contribution is 0.403. The van der Waals surface area contributed by atoms with Gasteiger partial charge in [-0.2, -0.15) is 0 Å². The Morgan fingerprint density at radius 2 is 2.06 bits per heavy atom. The highest BCUT2D eigenvalue weighted by Gasteiger charge is 2.36. The molecule has 0 spiro atoms. The molecule has 1 aliphatic rings. The fourth-order valence-electron chi connectivity index (χ4n) is 2.71. The van der Waals surface area contributed by atoms with Crippen LogP contribution in [-0.2, 0) is 5.41 Å². The van der Waals surface area contributed by atoms with Crippen LogP contribution < -0.4 is 10.5 Å². The second kappa shape index (κ2) is 4.76. The molecule has 0 aromatic heterocycles. The van der Waals surface area contributed by atoms with Gasteiger partial charge in [0, 0.05) is 12.0 Å². The van der Waals surface area contributed by atoms with Crippen LogP contribution in [0.2, 0.25) is 0 Å². The molecule has 1 saturated carbocycles. The van der Waals surface area contributed by atoms with Crippen LogP contribution in [0.3, 0.4) is 0 Å². The number of ether oxygens (including phenoxy) is 1. The van der Waals surface area contributed by atoms with Crippen molar-refractivity contribution in [1.82, 2.24) is 0 Å². The number of methoxy groups -OCH3 is 1. The van der Waals surface area contributed by atoms with Crippen LogP contribution in [-0.4, -0.2) is 13.7 Å². The van der Waals surface area contributed by atoms with Crippen LogP contribution in [0.15, 0.2) is 22.7 Å². The van der Waals surface area contributed by atoms with E-state index in [-0.39, 0.29) is 5.41 Å². The maximum absolute atomic E-state index is 6.00. The molecule has 0 heterocycles. The van der Waals surface area contributed by atoms with E-state index in [1.807, 2.05) is 6.07 Å². The van der Waals surface area contributed by atoms with Crippen molar-refractivity contribution in [2.45, 2.75) is 31.1 Å². The van der Waals surface area contributed by atoms with E-state index in [1.54, 1.807) is 7.11 Å². The van der Waals surface area contributed by atoms with Gasteiger partial charge in [-0.3, -0.25) is 0 Å². The summed E-state index contributed by atoms with van der Waals surface area (Å²) in [6.45, 7) is 0.721. The first kappa shape index (κ1) is 11.9. The van der Waals surface area contributed by atoms with Crippen LogP contribution >= 0.6 is 15.9 Å². The molecule has 1 fully saturated rings. The maximum atomic E-state index is 6.00. The molecule has 0 amide bonds. The quantitative estimate of drug-likeness (QED) is 0.925. The predicted molar refractivity (Wildman–Crippen MR) is 69.9 cm³/mol. The number of halogens is 1. The summed E-state index contributed by atoms with van der Waals surface area (Å²) in [7, 11) is 1.70. The molecule has 1 aromatic rings. The van der Waals surface area contributed by atoms with Crippen molar-refractivity contribution in [3.05, 3.63) is 28.2 Å². The van der Waals surface area contributed by atoms with Crippen molar-refractivity contribution >= 4 is 15.9 Å². The van der Waals surface area contributed by atoms with E-state index in [0.717, 1.165) is 16.8 Å². The molecule has 0 atom stereocenters. The SMILES string of the molecule is COc1cccc(C2(CN)CCCC2)c1Br. The van der Waals surface area contributed by atoms with Crippen molar-refractivity contribution in [1.29, 1.82) is 0 Å². The standard InChI is InChI=1S/C13H18BrNO/c1-16-11-6-4-5-10(12(11)14)13(9-15)7-2-3-8-13/h4-6H,2-3,7-9,15H2,1H3. The molecule has 2 N–H and O–H groups in total. The van der Waals surface area contributed by atoms with E-state index in [2.05, 4.69) is 28.1 Å². The monoisotopic (exact) mass is 283 g/mol. The molecule has 2 rings (SSSR count). The number of rotatable bonds is 3. The Morgan fingerprint density at radius 3 is 2.62 bits per heavy atom. The zero-order valence-corrected chi connectivity index (χ0v) is 11.2. The largest absolute Gasteiger partial charge is 0.496 e. The molecule has 1 aromatic carbocycles. The number of benzene rings is 1. The molecule has 1 aliphatic carbocycles. The molecule has 3 heteroatoms. The molecule has 0 bridgehead atoms. The third-order valence-electron chi connectivity index (χ3n) is 3.71. The highest BCUT2D eigenvalue weighted by atomic mass is 79.9. The van der Waals surface area contributed by atoms with E-state index in [1.165, 1.54) is 31.2 Å². The fourth-order valence-corrected chi connectivity index (χ4v) is 3.56. The van der Waals surface area contributed by atoms with Crippen LogP contribution in [0.5, 0.6) is 5.75 Å². The molecule has 16 heavy (non-hydrogen) atoms. The Kier molecular flexibility index (Phi) is 3.55. The van der Waals surface area contributed by atoms with Crippen LogP contribution in [0.4, 0.5) is 0 Å². The molecule has 0 saturated heterocycles. The second-order valence-corrected chi connectivity index (χ2v) is 5.31. The summed E-state index contributed by atoms with van der Waals surface area (Å²) in [5.74, 6) is 0.900. The highest BCUT2D eigenvalue weighted by Crippen LogP contribution is 2.45. The van der Waals surface area contributed by atoms with Gasteiger partial charge in [0.15, 0.2) is 0 Å². The summed E-state index contributed by atoms with van der Waals surface area (Å²) in [4.78, 5) is 0. The Hall–Kier alpha value is -0.540.